The Morgan fingerprint density at radius 1 is 1.23 bits per heavy atom. The number of nitrogens with one attached hydrogen (secondary N) is 1. The van der Waals surface area contributed by atoms with Crippen LogP contribution in [-0.2, 0) is 0 Å². The molecule has 2 heterocycles. The van der Waals surface area contributed by atoms with Crippen LogP contribution in [0.3, 0.4) is 0 Å². The van der Waals surface area contributed by atoms with E-state index in [1.807, 2.05) is 49.0 Å². The number of para-hydroxylation sites is 1. The van der Waals surface area contributed by atoms with Gasteiger partial charge in [0.15, 0.2) is 0 Å². The van der Waals surface area contributed by atoms with Gasteiger partial charge in [-0.3, -0.25) is 0 Å². The second-order valence-corrected chi connectivity index (χ2v) is 6.67. The number of carbonyl (C=O) groups excluding carboxylic acids is 1. The largest absolute Gasteiger partial charge is 0.363 e. The van der Waals surface area contributed by atoms with Gasteiger partial charge in [0.25, 0.3) is 0 Å². The van der Waals surface area contributed by atoms with Crippen LogP contribution in [0.5, 0.6) is 0 Å². The van der Waals surface area contributed by atoms with Crippen molar-refractivity contribution in [2.24, 2.45) is 0 Å². The lowest BCUT2D eigenvalue weighted by molar-refractivity contribution is 0.200. The molecule has 3 rings (SSSR count). The van der Waals surface area contributed by atoms with Gasteiger partial charge >= 0.3 is 6.03 Å². The van der Waals surface area contributed by atoms with Gasteiger partial charge < -0.3 is 20.0 Å². The Bertz CT molecular complexity index is 765. The van der Waals surface area contributed by atoms with E-state index >= 15 is 0 Å². The molecule has 1 aliphatic heterocycles. The van der Waals surface area contributed by atoms with Gasteiger partial charge in [-0.15, -0.1) is 0 Å². The van der Waals surface area contributed by atoms with Crippen LogP contribution in [0.2, 0.25) is 0 Å². The molecule has 2 aromatic rings. The number of hydrogen-bond donors (Lipinski definition) is 1. The Kier molecular flexibility index (Phi) is 5.25. The van der Waals surface area contributed by atoms with Crippen molar-refractivity contribution in [3.63, 3.8) is 0 Å². The summed E-state index contributed by atoms with van der Waals surface area (Å²) in [5.41, 5.74) is 1.24. The van der Waals surface area contributed by atoms with Gasteiger partial charge in [-0.25, -0.2) is 14.2 Å². The third-order valence-electron chi connectivity index (χ3n) is 4.53. The molecule has 2 amide bonds. The van der Waals surface area contributed by atoms with Crippen molar-refractivity contribution in [1.29, 1.82) is 0 Å². The quantitative estimate of drug-likeness (QED) is 0.917. The van der Waals surface area contributed by atoms with E-state index in [0.717, 1.165) is 5.82 Å². The van der Waals surface area contributed by atoms with Gasteiger partial charge in [-0.05, 0) is 31.2 Å². The number of pyridine rings is 1. The van der Waals surface area contributed by atoms with E-state index in [2.05, 4.69) is 10.3 Å². The van der Waals surface area contributed by atoms with Crippen molar-refractivity contribution in [2.75, 3.05) is 48.8 Å². The fraction of sp³-hybridized carbons (Fsp3) is 0.368. The molecule has 0 radical (unpaired) electrons. The number of benzene rings is 1. The van der Waals surface area contributed by atoms with Crippen LogP contribution in [0.15, 0.2) is 42.6 Å². The number of nitrogens with zero attached hydrogens (tertiary/aromatic N) is 4. The number of aromatic nitrogens is 1. The molecule has 26 heavy (non-hydrogen) atoms. The molecule has 0 unspecified atom stereocenters. The minimum atomic E-state index is -0.232. The van der Waals surface area contributed by atoms with E-state index in [1.165, 1.54) is 6.07 Å². The van der Waals surface area contributed by atoms with Gasteiger partial charge in [0.2, 0.25) is 0 Å². The average Bonchev–Trinajstić information content (AvgIpc) is 2.63. The highest BCUT2D eigenvalue weighted by Gasteiger charge is 2.28. The van der Waals surface area contributed by atoms with Crippen molar-refractivity contribution in [1.82, 2.24) is 9.88 Å². The van der Waals surface area contributed by atoms with Crippen molar-refractivity contribution in [3.05, 3.63) is 48.4 Å². The lowest BCUT2D eigenvalue weighted by Gasteiger charge is -2.41. The maximum Gasteiger partial charge on any atom is 0.322 e. The molecule has 0 aliphatic carbocycles. The molecule has 0 saturated carbocycles. The fourth-order valence-corrected chi connectivity index (χ4v) is 3.11. The second kappa shape index (κ2) is 7.59. The molecule has 0 bridgehead atoms. The summed E-state index contributed by atoms with van der Waals surface area (Å²) in [6.07, 6.45) is 1.65. The third-order valence-corrected chi connectivity index (χ3v) is 4.53. The van der Waals surface area contributed by atoms with Crippen LogP contribution < -0.4 is 15.1 Å². The van der Waals surface area contributed by atoms with Crippen LogP contribution in [0.4, 0.5) is 26.4 Å². The van der Waals surface area contributed by atoms with E-state index < -0.39 is 0 Å². The summed E-state index contributed by atoms with van der Waals surface area (Å²) in [7, 11) is 3.83. The summed E-state index contributed by atoms with van der Waals surface area (Å²) in [6.45, 7) is 3.66. The van der Waals surface area contributed by atoms with E-state index in [0.29, 0.717) is 31.0 Å². The Balaban J connectivity index is 1.61. The number of anilines is 3. The minimum Gasteiger partial charge on any atom is -0.363 e. The van der Waals surface area contributed by atoms with E-state index in [4.69, 9.17) is 0 Å². The van der Waals surface area contributed by atoms with Crippen LogP contribution in [0.1, 0.15) is 6.92 Å². The molecule has 6 nitrogen and oxygen atoms in total. The highest BCUT2D eigenvalue weighted by atomic mass is 19.1. The molecule has 1 aliphatic rings. The lowest BCUT2D eigenvalue weighted by atomic mass is 10.1. The zero-order valence-corrected chi connectivity index (χ0v) is 15.3. The van der Waals surface area contributed by atoms with Crippen molar-refractivity contribution in [2.45, 2.75) is 13.0 Å². The van der Waals surface area contributed by atoms with Crippen molar-refractivity contribution >= 4 is 23.2 Å². The molecule has 1 aromatic heterocycles. The van der Waals surface area contributed by atoms with E-state index in [1.54, 1.807) is 23.2 Å². The normalized spacial score (nSPS) is 17.2. The van der Waals surface area contributed by atoms with Crippen molar-refractivity contribution in [3.8, 4) is 0 Å². The van der Waals surface area contributed by atoms with Crippen LogP contribution >= 0.6 is 0 Å². The summed E-state index contributed by atoms with van der Waals surface area (Å²) in [5, 5.41) is 2.88. The average molecular weight is 357 g/mol. The third kappa shape index (κ3) is 3.87. The van der Waals surface area contributed by atoms with Gasteiger partial charge in [0, 0.05) is 39.8 Å². The highest BCUT2D eigenvalue weighted by Crippen LogP contribution is 2.24. The van der Waals surface area contributed by atoms with Gasteiger partial charge in [0.1, 0.15) is 11.6 Å². The Morgan fingerprint density at radius 2 is 2.00 bits per heavy atom. The summed E-state index contributed by atoms with van der Waals surface area (Å²) in [4.78, 5) is 22.5. The number of rotatable bonds is 3. The molecule has 1 aromatic carbocycles. The van der Waals surface area contributed by atoms with E-state index in [9.17, 15) is 9.18 Å². The summed E-state index contributed by atoms with van der Waals surface area (Å²) in [6, 6.07) is 10.3. The molecule has 1 fully saturated rings. The van der Waals surface area contributed by atoms with Crippen LogP contribution in [0.25, 0.3) is 0 Å². The second-order valence-electron chi connectivity index (χ2n) is 6.67. The molecular formula is C19H24FN5O. The monoisotopic (exact) mass is 357 g/mol. The predicted octanol–water partition coefficient (Wildman–Crippen LogP) is 3.03. The summed E-state index contributed by atoms with van der Waals surface area (Å²) < 4.78 is 14.0. The first kappa shape index (κ1) is 18.0. The first-order valence-corrected chi connectivity index (χ1v) is 8.66. The molecular weight excluding hydrogens is 333 g/mol. The Hall–Kier alpha value is -2.83. The molecule has 1 N–H and O–H groups in total. The van der Waals surface area contributed by atoms with Crippen LogP contribution in [-0.4, -0.2) is 55.7 Å². The maximum atomic E-state index is 14.0. The van der Waals surface area contributed by atoms with Gasteiger partial charge in [0.05, 0.1) is 17.6 Å². The van der Waals surface area contributed by atoms with Crippen molar-refractivity contribution < 1.29 is 9.18 Å². The minimum absolute atomic E-state index is 0.0284. The molecule has 138 valence electrons. The number of urea groups is 1. The highest BCUT2D eigenvalue weighted by molar-refractivity contribution is 5.89. The first-order valence-electron chi connectivity index (χ1n) is 8.66. The van der Waals surface area contributed by atoms with E-state index in [-0.39, 0.29) is 17.9 Å². The maximum absolute atomic E-state index is 14.0. The number of piperazine rings is 1. The fourth-order valence-electron chi connectivity index (χ4n) is 3.11. The Morgan fingerprint density at radius 3 is 2.62 bits per heavy atom. The standard InChI is InChI=1S/C19H24FN5O/c1-14-13-24(10-11-25(14)17-7-5-4-6-16(17)20)19(26)22-15-8-9-18(21-12-15)23(2)3/h4-9,12,14H,10-11,13H2,1-3H3,(H,22,26)/t14-/m0/s1. The number of carbonyl (C=O) groups is 1. The summed E-state index contributed by atoms with van der Waals surface area (Å²) in [5.74, 6) is 0.597. The van der Waals surface area contributed by atoms with Gasteiger partial charge in [-0.2, -0.15) is 0 Å². The topological polar surface area (TPSA) is 51.7 Å². The zero-order chi connectivity index (χ0) is 18.7. The SMILES string of the molecule is C[C@H]1CN(C(=O)Nc2ccc(N(C)C)nc2)CCN1c1ccccc1F. The number of hydrogen-bond acceptors (Lipinski definition) is 4. The smallest absolute Gasteiger partial charge is 0.322 e. The molecule has 1 saturated heterocycles. The van der Waals surface area contributed by atoms with Gasteiger partial charge in [-0.1, -0.05) is 12.1 Å². The number of halogens is 1. The molecule has 7 heteroatoms. The lowest BCUT2D eigenvalue weighted by Crippen LogP contribution is -2.55. The van der Waals surface area contributed by atoms with Crippen LogP contribution in [0, 0.1) is 5.82 Å². The predicted molar refractivity (Wildman–Crippen MR) is 102 cm³/mol. The number of amides is 2. The zero-order valence-electron chi connectivity index (χ0n) is 15.3. The summed E-state index contributed by atoms with van der Waals surface area (Å²) >= 11 is 0. The molecule has 1 atom stereocenters. The molecule has 0 spiro atoms. The Labute approximate surface area is 153 Å². The first-order chi connectivity index (χ1) is 12.5.